The zero-order chi connectivity index (χ0) is 16.3. The fraction of sp³-hybridized carbons (Fsp3) is 0.385. The molecule has 0 N–H and O–H groups in total. The Bertz CT molecular complexity index is 572. The Morgan fingerprint density at radius 3 is 2.32 bits per heavy atom. The van der Waals surface area contributed by atoms with Crippen LogP contribution in [0, 0.1) is 0 Å². The molecule has 0 spiro atoms. The number of rotatable bonds is 3. The van der Waals surface area contributed by atoms with Gasteiger partial charge in [0.15, 0.2) is 0 Å². The lowest BCUT2D eigenvalue weighted by Crippen LogP contribution is -2.37. The van der Waals surface area contributed by atoms with Crippen LogP contribution in [0.25, 0.3) is 0 Å². The number of hydrogen-bond acceptors (Lipinski definition) is 3. The highest BCUT2D eigenvalue weighted by Crippen LogP contribution is 2.34. The first-order valence-electron chi connectivity index (χ1n) is 6.21. The van der Waals surface area contributed by atoms with Gasteiger partial charge in [-0.05, 0) is 12.1 Å². The molecule has 0 atom stereocenters. The van der Waals surface area contributed by atoms with Gasteiger partial charge in [0, 0.05) is 19.2 Å². The molecule has 9 heteroatoms. The van der Waals surface area contributed by atoms with E-state index in [0.29, 0.717) is 0 Å². The number of alkyl halides is 3. The lowest BCUT2D eigenvalue weighted by atomic mass is 10.3. The molecule has 0 aromatic heterocycles. The predicted molar refractivity (Wildman–Crippen MR) is 73.7 cm³/mol. The third-order valence-corrected chi connectivity index (χ3v) is 3.58. The Hall–Kier alpha value is -1.18. The molecule has 0 unspecified atom stereocenters. The average Bonchev–Trinajstić information content (AvgIpc) is 2.47. The normalized spacial score (nSPS) is 17.3. The molecule has 1 aromatic carbocycles. The van der Waals surface area contributed by atoms with Crippen LogP contribution in [0.4, 0.5) is 17.6 Å². The number of morpholine rings is 1. The number of nitrogens with zero attached hydrogens (tertiary/aromatic N) is 1. The highest BCUT2D eigenvalue weighted by molar-refractivity contribution is 6.42. The smallest absolute Gasteiger partial charge is 0.448 e. The molecule has 1 heterocycles. The fourth-order valence-corrected chi connectivity index (χ4v) is 2.07. The van der Waals surface area contributed by atoms with E-state index in [2.05, 4.69) is 4.74 Å². The van der Waals surface area contributed by atoms with Crippen molar-refractivity contribution in [2.75, 3.05) is 26.3 Å². The van der Waals surface area contributed by atoms with Crippen molar-refractivity contribution in [2.24, 2.45) is 0 Å². The first kappa shape index (κ1) is 17.2. The van der Waals surface area contributed by atoms with Gasteiger partial charge >= 0.3 is 6.18 Å². The van der Waals surface area contributed by atoms with Gasteiger partial charge in [0.05, 0.1) is 23.3 Å². The van der Waals surface area contributed by atoms with Gasteiger partial charge in [0.1, 0.15) is 5.75 Å². The van der Waals surface area contributed by atoms with Crippen LogP contribution in [-0.4, -0.2) is 37.4 Å². The van der Waals surface area contributed by atoms with Crippen LogP contribution in [0.2, 0.25) is 10.0 Å². The molecule has 1 saturated heterocycles. The van der Waals surface area contributed by atoms with Crippen molar-refractivity contribution in [3.05, 3.63) is 40.0 Å². The summed E-state index contributed by atoms with van der Waals surface area (Å²) < 4.78 is 63.0. The summed E-state index contributed by atoms with van der Waals surface area (Å²) in [7, 11) is 0. The largest absolute Gasteiger partial charge is 0.454 e. The van der Waals surface area contributed by atoms with Gasteiger partial charge in [0.25, 0.3) is 5.76 Å². The Balaban J connectivity index is 2.31. The van der Waals surface area contributed by atoms with Crippen molar-refractivity contribution in [1.82, 2.24) is 4.90 Å². The van der Waals surface area contributed by atoms with Crippen molar-refractivity contribution < 1.29 is 27.0 Å². The minimum absolute atomic E-state index is 0.00692. The van der Waals surface area contributed by atoms with Crippen molar-refractivity contribution in [3.8, 4) is 5.75 Å². The molecule has 1 fully saturated rings. The molecule has 1 aliphatic rings. The summed E-state index contributed by atoms with van der Waals surface area (Å²) in [6, 6.07) is 3.52. The number of hydrogen-bond donors (Lipinski definition) is 0. The van der Waals surface area contributed by atoms with E-state index in [1.165, 1.54) is 12.1 Å². The first-order chi connectivity index (χ1) is 10.3. The molecule has 22 heavy (non-hydrogen) atoms. The van der Waals surface area contributed by atoms with Gasteiger partial charge < -0.3 is 14.4 Å². The van der Waals surface area contributed by atoms with E-state index in [9.17, 15) is 17.6 Å². The molecule has 0 radical (unpaired) electrons. The van der Waals surface area contributed by atoms with Gasteiger partial charge in [-0.15, -0.1) is 0 Å². The van der Waals surface area contributed by atoms with Crippen LogP contribution >= 0.6 is 23.2 Å². The van der Waals surface area contributed by atoms with E-state index in [-0.39, 0.29) is 42.1 Å². The SMILES string of the molecule is F/C(=C(\Oc1ccc(Cl)c(Cl)c1)C(F)(F)F)N1CCOCC1. The van der Waals surface area contributed by atoms with Crippen LogP contribution in [0.3, 0.4) is 0 Å². The maximum absolute atomic E-state index is 14.2. The third-order valence-electron chi connectivity index (χ3n) is 2.84. The lowest BCUT2D eigenvalue weighted by molar-refractivity contribution is -0.122. The molecule has 1 aliphatic heterocycles. The molecule has 0 saturated carbocycles. The predicted octanol–water partition coefficient (Wildman–Crippen LogP) is 4.41. The minimum atomic E-state index is -4.99. The second-order valence-corrected chi connectivity index (χ2v) is 5.21. The van der Waals surface area contributed by atoms with E-state index in [1.807, 2.05) is 0 Å². The van der Waals surface area contributed by atoms with Crippen molar-refractivity contribution in [3.63, 3.8) is 0 Å². The molecular formula is C13H11Cl2F4NO2. The van der Waals surface area contributed by atoms with E-state index in [0.717, 1.165) is 11.0 Å². The topological polar surface area (TPSA) is 21.7 Å². The summed E-state index contributed by atoms with van der Waals surface area (Å²) >= 11 is 11.4. The molecule has 0 bridgehead atoms. The van der Waals surface area contributed by atoms with Crippen LogP contribution < -0.4 is 4.74 Å². The molecule has 2 rings (SSSR count). The first-order valence-corrected chi connectivity index (χ1v) is 6.97. The van der Waals surface area contributed by atoms with Crippen LogP contribution in [0.5, 0.6) is 5.75 Å². The zero-order valence-electron chi connectivity index (χ0n) is 11.1. The van der Waals surface area contributed by atoms with Crippen molar-refractivity contribution in [1.29, 1.82) is 0 Å². The second kappa shape index (κ2) is 6.93. The quantitative estimate of drug-likeness (QED) is 0.453. The fourth-order valence-electron chi connectivity index (χ4n) is 1.78. The Labute approximate surface area is 134 Å². The van der Waals surface area contributed by atoms with Crippen LogP contribution in [0.15, 0.2) is 29.9 Å². The maximum atomic E-state index is 14.2. The summed E-state index contributed by atoms with van der Waals surface area (Å²) in [6.45, 7) is 0.308. The average molecular weight is 360 g/mol. The van der Waals surface area contributed by atoms with Gasteiger partial charge in [-0.3, -0.25) is 0 Å². The van der Waals surface area contributed by atoms with E-state index < -0.39 is 17.9 Å². The number of benzene rings is 1. The number of allylic oxidation sites excluding steroid dienone is 1. The maximum Gasteiger partial charge on any atom is 0.454 e. The standard InChI is InChI=1S/C13H11Cl2F4NO2/c14-9-2-1-8(7-10(9)15)22-11(13(17,18)19)12(16)20-3-5-21-6-4-20/h1-2,7H,3-6H2/b12-11+. The molecule has 0 amide bonds. The Morgan fingerprint density at radius 2 is 1.77 bits per heavy atom. The molecule has 0 aliphatic carbocycles. The van der Waals surface area contributed by atoms with Crippen molar-refractivity contribution >= 4 is 23.2 Å². The molecule has 1 aromatic rings. The zero-order valence-corrected chi connectivity index (χ0v) is 12.6. The van der Waals surface area contributed by atoms with E-state index >= 15 is 0 Å². The monoisotopic (exact) mass is 359 g/mol. The highest BCUT2D eigenvalue weighted by Gasteiger charge is 2.42. The molecular weight excluding hydrogens is 349 g/mol. The van der Waals surface area contributed by atoms with E-state index in [1.54, 1.807) is 0 Å². The highest BCUT2D eigenvalue weighted by atomic mass is 35.5. The summed E-state index contributed by atoms with van der Waals surface area (Å²) in [5.74, 6) is -3.47. The lowest BCUT2D eigenvalue weighted by Gasteiger charge is -2.28. The summed E-state index contributed by atoms with van der Waals surface area (Å²) in [5, 5.41) is 0.160. The van der Waals surface area contributed by atoms with Crippen LogP contribution in [-0.2, 0) is 4.74 Å². The van der Waals surface area contributed by atoms with Gasteiger partial charge in [-0.2, -0.15) is 17.6 Å². The molecule has 3 nitrogen and oxygen atoms in total. The Morgan fingerprint density at radius 1 is 1.14 bits per heavy atom. The minimum Gasteiger partial charge on any atom is -0.448 e. The second-order valence-electron chi connectivity index (χ2n) is 4.40. The van der Waals surface area contributed by atoms with E-state index in [4.69, 9.17) is 27.9 Å². The number of halogens is 6. The van der Waals surface area contributed by atoms with Gasteiger partial charge in [-0.25, -0.2) is 0 Å². The third kappa shape index (κ3) is 4.18. The van der Waals surface area contributed by atoms with Crippen molar-refractivity contribution in [2.45, 2.75) is 6.18 Å². The van der Waals surface area contributed by atoms with Crippen LogP contribution in [0.1, 0.15) is 0 Å². The Kier molecular flexibility index (Phi) is 5.41. The summed E-state index contributed by atoms with van der Waals surface area (Å²) in [4.78, 5) is 0.920. The van der Waals surface area contributed by atoms with Gasteiger partial charge in [0.2, 0.25) is 5.95 Å². The molecule has 122 valence electrons. The number of ether oxygens (including phenoxy) is 2. The summed E-state index contributed by atoms with van der Waals surface area (Å²) in [6.07, 6.45) is -4.99. The van der Waals surface area contributed by atoms with Gasteiger partial charge in [-0.1, -0.05) is 23.2 Å². The summed E-state index contributed by atoms with van der Waals surface area (Å²) in [5.41, 5.74) is 0.